The summed E-state index contributed by atoms with van der Waals surface area (Å²) in [6.07, 6.45) is 2.98. The first-order valence-corrected chi connectivity index (χ1v) is 6.63. The van der Waals surface area contributed by atoms with Crippen molar-refractivity contribution in [2.45, 2.75) is 18.9 Å². The van der Waals surface area contributed by atoms with Crippen LogP contribution in [0.15, 0.2) is 0 Å². The van der Waals surface area contributed by atoms with Gasteiger partial charge in [0.1, 0.15) is 0 Å². The number of nitrogens with one attached hydrogen (secondary N) is 1. The van der Waals surface area contributed by atoms with Gasteiger partial charge in [-0.2, -0.15) is 0 Å². The minimum atomic E-state index is -0.878. The van der Waals surface area contributed by atoms with E-state index in [0.29, 0.717) is 25.3 Å². The third-order valence-corrected chi connectivity index (χ3v) is 2.67. The van der Waals surface area contributed by atoms with Gasteiger partial charge in [-0.15, -0.1) is 0 Å². The Kier molecular flexibility index (Phi) is 8.55. The molecule has 0 aliphatic rings. The highest BCUT2D eigenvalue weighted by atomic mass is 32.2. The molecule has 2 atom stereocenters. The van der Waals surface area contributed by atoms with Crippen molar-refractivity contribution in [3.63, 3.8) is 0 Å². The van der Waals surface area contributed by atoms with Gasteiger partial charge in [0.25, 0.3) is 0 Å². The van der Waals surface area contributed by atoms with Gasteiger partial charge in [-0.05, 0) is 12.8 Å². The molecule has 5 nitrogen and oxygen atoms in total. The number of nitrogens with two attached hydrogens (primary N) is 1. The zero-order chi connectivity index (χ0) is 11.7. The second kappa shape index (κ2) is 8.82. The lowest BCUT2D eigenvalue weighted by atomic mass is 10.1. The molecule has 3 N–H and O–H groups in total. The maximum atomic E-state index is 11.3. The average molecular weight is 236 g/mol. The minimum Gasteiger partial charge on any atom is -0.385 e. The smallest absolute Gasteiger partial charge is 0.236 e. The van der Waals surface area contributed by atoms with E-state index in [9.17, 15) is 9.00 Å². The first-order chi connectivity index (χ1) is 7.07. The summed E-state index contributed by atoms with van der Waals surface area (Å²) in [5, 5.41) is 2.64. The summed E-state index contributed by atoms with van der Waals surface area (Å²) < 4.78 is 15.6. The number of hydrogen-bond acceptors (Lipinski definition) is 4. The number of carbonyl (C=O) groups is 1. The molecule has 0 rings (SSSR count). The molecule has 0 bridgehead atoms. The molecule has 6 heteroatoms. The Bertz CT molecular complexity index is 212. The quantitative estimate of drug-likeness (QED) is 0.543. The van der Waals surface area contributed by atoms with Gasteiger partial charge in [-0.3, -0.25) is 9.00 Å². The number of methoxy groups -OCH3 is 1. The molecular weight excluding hydrogens is 216 g/mol. The fourth-order valence-corrected chi connectivity index (χ4v) is 1.42. The van der Waals surface area contributed by atoms with Crippen LogP contribution in [0.5, 0.6) is 0 Å². The van der Waals surface area contributed by atoms with E-state index in [-0.39, 0.29) is 5.91 Å². The van der Waals surface area contributed by atoms with Gasteiger partial charge in [-0.1, -0.05) is 0 Å². The van der Waals surface area contributed by atoms with E-state index in [2.05, 4.69) is 5.32 Å². The zero-order valence-corrected chi connectivity index (χ0v) is 10.1. The Hall–Kier alpha value is -0.460. The molecule has 0 aromatic rings. The van der Waals surface area contributed by atoms with Crippen molar-refractivity contribution in [2.75, 3.05) is 32.3 Å². The number of amides is 1. The van der Waals surface area contributed by atoms with Crippen molar-refractivity contribution in [2.24, 2.45) is 5.73 Å². The van der Waals surface area contributed by atoms with Crippen molar-refractivity contribution in [1.29, 1.82) is 0 Å². The van der Waals surface area contributed by atoms with E-state index in [4.69, 9.17) is 10.5 Å². The highest BCUT2D eigenvalue weighted by Crippen LogP contribution is 1.94. The third kappa shape index (κ3) is 8.53. The molecule has 0 fully saturated rings. The van der Waals surface area contributed by atoms with E-state index in [1.807, 2.05) is 0 Å². The van der Waals surface area contributed by atoms with Crippen LogP contribution in [0.1, 0.15) is 12.8 Å². The molecule has 0 saturated carbocycles. The highest BCUT2D eigenvalue weighted by molar-refractivity contribution is 7.84. The van der Waals surface area contributed by atoms with E-state index in [0.717, 1.165) is 6.42 Å². The monoisotopic (exact) mass is 236 g/mol. The summed E-state index contributed by atoms with van der Waals surface area (Å²) in [7, 11) is 0.736. The highest BCUT2D eigenvalue weighted by Gasteiger charge is 2.11. The second-order valence-corrected chi connectivity index (χ2v) is 4.86. The number of carbonyl (C=O) groups excluding carboxylic acids is 1. The van der Waals surface area contributed by atoms with Crippen LogP contribution in [-0.2, 0) is 20.3 Å². The fourth-order valence-electron chi connectivity index (χ4n) is 1.03. The van der Waals surface area contributed by atoms with Gasteiger partial charge in [0.2, 0.25) is 5.91 Å². The molecule has 2 unspecified atom stereocenters. The molecule has 90 valence electrons. The van der Waals surface area contributed by atoms with E-state index < -0.39 is 16.8 Å². The average Bonchev–Trinajstić information content (AvgIpc) is 2.17. The van der Waals surface area contributed by atoms with Gasteiger partial charge >= 0.3 is 0 Å². The molecule has 0 aliphatic carbocycles. The Labute approximate surface area is 93.2 Å². The number of ether oxygens (including phenoxy) is 1. The predicted molar refractivity (Wildman–Crippen MR) is 61.0 cm³/mol. The zero-order valence-electron chi connectivity index (χ0n) is 9.32. The van der Waals surface area contributed by atoms with Crippen molar-refractivity contribution in [3.8, 4) is 0 Å². The molecular formula is C9H20N2O3S. The largest absolute Gasteiger partial charge is 0.385 e. The van der Waals surface area contributed by atoms with Crippen LogP contribution in [0.3, 0.4) is 0 Å². The predicted octanol–water partition coefficient (Wildman–Crippen LogP) is -0.765. The lowest BCUT2D eigenvalue weighted by Gasteiger charge is -2.11. The van der Waals surface area contributed by atoms with Crippen LogP contribution >= 0.6 is 0 Å². The maximum absolute atomic E-state index is 11.3. The molecule has 0 radical (unpaired) electrons. The fraction of sp³-hybridized carbons (Fsp3) is 0.889. The molecule has 0 aromatic carbocycles. The summed E-state index contributed by atoms with van der Waals surface area (Å²) in [5.41, 5.74) is 5.63. The number of rotatable bonds is 8. The van der Waals surface area contributed by atoms with Gasteiger partial charge < -0.3 is 15.8 Å². The number of hydrogen-bond donors (Lipinski definition) is 2. The molecule has 0 aliphatic heterocycles. The normalized spacial score (nSPS) is 14.6. The lowest BCUT2D eigenvalue weighted by molar-refractivity contribution is -0.122. The summed E-state index contributed by atoms with van der Waals surface area (Å²) in [6.45, 7) is 1.03. The summed E-state index contributed by atoms with van der Waals surface area (Å²) in [6, 6.07) is -0.495. The van der Waals surface area contributed by atoms with Crippen molar-refractivity contribution in [1.82, 2.24) is 5.32 Å². The lowest BCUT2D eigenvalue weighted by Crippen LogP contribution is -2.42. The summed E-state index contributed by atoms with van der Waals surface area (Å²) >= 11 is 0. The minimum absolute atomic E-state index is 0.184. The van der Waals surface area contributed by atoms with Crippen LogP contribution in [0.2, 0.25) is 0 Å². The Balaban J connectivity index is 3.55. The van der Waals surface area contributed by atoms with Gasteiger partial charge in [-0.25, -0.2) is 0 Å². The molecule has 1 amide bonds. The SMILES string of the molecule is COCCCC(N)C(=O)NCCS(C)=O. The molecule has 15 heavy (non-hydrogen) atoms. The molecule has 0 aromatic heterocycles. The summed E-state index contributed by atoms with van der Waals surface area (Å²) in [4.78, 5) is 11.3. The van der Waals surface area contributed by atoms with Gasteiger partial charge in [0.05, 0.1) is 6.04 Å². The molecule has 0 spiro atoms. The standard InChI is InChI=1S/C9H20N2O3S/c1-14-6-3-4-8(10)9(12)11-5-7-15(2)13/h8H,3-7,10H2,1-2H3,(H,11,12). The van der Waals surface area contributed by atoms with E-state index in [1.54, 1.807) is 13.4 Å². The van der Waals surface area contributed by atoms with Crippen molar-refractivity contribution >= 4 is 16.7 Å². The van der Waals surface area contributed by atoms with Crippen LogP contribution in [0.25, 0.3) is 0 Å². The van der Waals surface area contributed by atoms with Crippen LogP contribution < -0.4 is 11.1 Å². The Morgan fingerprint density at radius 3 is 2.80 bits per heavy atom. The molecule has 0 heterocycles. The van der Waals surface area contributed by atoms with Gasteiger partial charge in [0, 0.05) is 43.1 Å². The maximum Gasteiger partial charge on any atom is 0.236 e. The van der Waals surface area contributed by atoms with Crippen molar-refractivity contribution < 1.29 is 13.7 Å². The third-order valence-electron chi connectivity index (χ3n) is 1.89. The van der Waals surface area contributed by atoms with Crippen LogP contribution in [0.4, 0.5) is 0 Å². The van der Waals surface area contributed by atoms with E-state index >= 15 is 0 Å². The Morgan fingerprint density at radius 1 is 1.60 bits per heavy atom. The Morgan fingerprint density at radius 2 is 2.27 bits per heavy atom. The van der Waals surface area contributed by atoms with E-state index in [1.165, 1.54) is 0 Å². The van der Waals surface area contributed by atoms with Gasteiger partial charge in [0.15, 0.2) is 0 Å². The first-order valence-electron chi connectivity index (χ1n) is 4.90. The first kappa shape index (κ1) is 14.5. The van der Waals surface area contributed by atoms with Crippen LogP contribution in [0, 0.1) is 0 Å². The second-order valence-electron chi connectivity index (χ2n) is 3.31. The summed E-state index contributed by atoms with van der Waals surface area (Å²) in [5.74, 6) is 0.285. The van der Waals surface area contributed by atoms with Crippen molar-refractivity contribution in [3.05, 3.63) is 0 Å². The topological polar surface area (TPSA) is 81.4 Å². The molecule has 0 saturated heterocycles. The van der Waals surface area contributed by atoms with Crippen LogP contribution in [-0.4, -0.2) is 48.4 Å².